The van der Waals surface area contributed by atoms with Crippen LogP contribution in [-0.2, 0) is 9.59 Å². The Bertz CT molecular complexity index is 524. The van der Waals surface area contributed by atoms with Crippen LogP contribution in [0.25, 0.3) is 0 Å². The lowest BCUT2D eigenvalue weighted by Crippen LogP contribution is -2.47. The van der Waals surface area contributed by atoms with Crippen LogP contribution in [0, 0.1) is 5.92 Å². The maximum atomic E-state index is 12.9. The van der Waals surface area contributed by atoms with E-state index < -0.39 is 5.91 Å². The second-order valence-corrected chi connectivity index (χ2v) is 6.10. The van der Waals surface area contributed by atoms with Crippen LogP contribution in [0.5, 0.6) is 0 Å². The first kappa shape index (κ1) is 19.5. The van der Waals surface area contributed by atoms with E-state index in [9.17, 15) is 9.59 Å². The van der Waals surface area contributed by atoms with Gasteiger partial charge in [-0.3, -0.25) is 9.59 Å². The average Bonchev–Trinajstić information content (AvgIpc) is 2.52. The number of nitrogens with two attached hydrogens (primary N) is 1. The van der Waals surface area contributed by atoms with E-state index in [0.717, 1.165) is 24.9 Å². The molecule has 1 heterocycles. The molecule has 23 heavy (non-hydrogen) atoms. The molecule has 2 rings (SSSR count). The molecule has 3 atom stereocenters. The quantitative estimate of drug-likeness (QED) is 0.860. The largest absolute Gasteiger partial charge is 0.368 e. The predicted octanol–water partition coefficient (Wildman–Crippen LogP) is 1.87. The number of rotatable bonds is 5. The smallest absolute Gasteiger partial charge is 0.237 e. The van der Waals surface area contributed by atoms with Crippen LogP contribution < -0.4 is 11.1 Å². The maximum absolute atomic E-state index is 12.9. The van der Waals surface area contributed by atoms with Crippen molar-refractivity contribution in [1.82, 2.24) is 10.2 Å². The van der Waals surface area contributed by atoms with E-state index in [0.29, 0.717) is 6.04 Å². The number of hydrogen-bond donors (Lipinski definition) is 2. The molecule has 0 aliphatic carbocycles. The fourth-order valence-corrected chi connectivity index (χ4v) is 3.08. The Morgan fingerprint density at radius 1 is 1.35 bits per heavy atom. The standard InChI is InChI=1S/C17H25N3O2.ClH/c1-12-10-15(8-9-19-12)17(22)20(11-16(18)21)13(2)14-6-4-3-5-7-14;/h3-7,12-13,15,19H,8-11H2,1-2H3,(H2,18,21);1H/t12-,13+,15-;/m0./s1. The van der Waals surface area contributed by atoms with Gasteiger partial charge in [-0.05, 0) is 38.8 Å². The van der Waals surface area contributed by atoms with Gasteiger partial charge in [0.05, 0.1) is 12.6 Å². The lowest BCUT2D eigenvalue weighted by molar-refractivity contribution is -0.142. The zero-order valence-corrected chi connectivity index (χ0v) is 14.5. The summed E-state index contributed by atoms with van der Waals surface area (Å²) in [7, 11) is 0. The molecule has 6 heteroatoms. The van der Waals surface area contributed by atoms with Crippen molar-refractivity contribution in [2.45, 2.75) is 38.8 Å². The topological polar surface area (TPSA) is 75.4 Å². The van der Waals surface area contributed by atoms with Crippen molar-refractivity contribution in [3.63, 3.8) is 0 Å². The Labute approximate surface area is 144 Å². The molecule has 0 radical (unpaired) electrons. The lowest BCUT2D eigenvalue weighted by Gasteiger charge is -2.35. The minimum atomic E-state index is -0.474. The molecule has 0 saturated carbocycles. The Kier molecular flexibility index (Phi) is 7.52. The van der Waals surface area contributed by atoms with Gasteiger partial charge in [0.15, 0.2) is 0 Å². The van der Waals surface area contributed by atoms with E-state index in [2.05, 4.69) is 12.2 Å². The summed E-state index contributed by atoms with van der Waals surface area (Å²) in [6.07, 6.45) is 1.61. The van der Waals surface area contributed by atoms with Gasteiger partial charge in [0.1, 0.15) is 0 Å². The van der Waals surface area contributed by atoms with Crippen molar-refractivity contribution >= 4 is 24.2 Å². The van der Waals surface area contributed by atoms with Crippen LogP contribution >= 0.6 is 12.4 Å². The predicted molar refractivity (Wildman–Crippen MR) is 93.2 cm³/mol. The third-order valence-corrected chi connectivity index (χ3v) is 4.33. The monoisotopic (exact) mass is 339 g/mol. The highest BCUT2D eigenvalue weighted by Gasteiger charge is 2.31. The number of carbonyl (C=O) groups is 2. The van der Waals surface area contributed by atoms with Gasteiger partial charge in [0.25, 0.3) is 0 Å². The van der Waals surface area contributed by atoms with E-state index in [-0.39, 0.29) is 36.8 Å². The van der Waals surface area contributed by atoms with Crippen molar-refractivity contribution in [1.29, 1.82) is 0 Å². The van der Waals surface area contributed by atoms with Gasteiger partial charge in [-0.2, -0.15) is 0 Å². The summed E-state index contributed by atoms with van der Waals surface area (Å²) in [5, 5.41) is 3.35. The Hall–Kier alpha value is -1.59. The molecule has 128 valence electrons. The summed E-state index contributed by atoms with van der Waals surface area (Å²) in [6, 6.07) is 9.91. The molecule has 0 aromatic heterocycles. The molecule has 5 nitrogen and oxygen atoms in total. The molecule has 2 amide bonds. The maximum Gasteiger partial charge on any atom is 0.237 e. The second kappa shape index (κ2) is 8.89. The minimum Gasteiger partial charge on any atom is -0.368 e. The molecule has 1 saturated heterocycles. The number of halogens is 1. The molecule has 1 aromatic rings. The SMILES string of the molecule is C[C@H](c1ccccc1)N(CC(N)=O)C(=O)[C@H]1CCN[C@@H](C)C1.Cl. The zero-order valence-electron chi connectivity index (χ0n) is 13.7. The van der Waals surface area contributed by atoms with Gasteiger partial charge in [0, 0.05) is 12.0 Å². The van der Waals surface area contributed by atoms with Gasteiger partial charge in [0.2, 0.25) is 11.8 Å². The summed E-state index contributed by atoms with van der Waals surface area (Å²) in [6.45, 7) is 4.83. The van der Waals surface area contributed by atoms with E-state index in [1.807, 2.05) is 37.3 Å². The molecule has 1 fully saturated rings. The zero-order chi connectivity index (χ0) is 16.1. The van der Waals surface area contributed by atoms with Crippen LogP contribution in [0.1, 0.15) is 38.3 Å². The van der Waals surface area contributed by atoms with Crippen molar-refractivity contribution in [3.8, 4) is 0 Å². The third kappa shape index (κ3) is 5.22. The number of nitrogens with one attached hydrogen (secondary N) is 1. The summed E-state index contributed by atoms with van der Waals surface area (Å²) in [4.78, 5) is 25.9. The average molecular weight is 340 g/mol. The van der Waals surface area contributed by atoms with Gasteiger partial charge in [-0.1, -0.05) is 30.3 Å². The molecule has 0 spiro atoms. The highest BCUT2D eigenvalue weighted by atomic mass is 35.5. The number of amides is 2. The Balaban J connectivity index is 0.00000264. The molecule has 0 unspecified atom stereocenters. The van der Waals surface area contributed by atoms with E-state index >= 15 is 0 Å². The molecular formula is C17H26ClN3O2. The van der Waals surface area contributed by atoms with E-state index in [1.165, 1.54) is 0 Å². The number of benzene rings is 1. The van der Waals surface area contributed by atoms with Crippen LogP contribution in [0.4, 0.5) is 0 Å². The van der Waals surface area contributed by atoms with Crippen LogP contribution in [0.15, 0.2) is 30.3 Å². The molecule has 1 aromatic carbocycles. The molecular weight excluding hydrogens is 314 g/mol. The first-order valence-electron chi connectivity index (χ1n) is 7.86. The van der Waals surface area contributed by atoms with Crippen LogP contribution in [0.3, 0.4) is 0 Å². The summed E-state index contributed by atoms with van der Waals surface area (Å²) in [5.41, 5.74) is 6.37. The molecule has 1 aliphatic rings. The van der Waals surface area contributed by atoms with Gasteiger partial charge in [-0.25, -0.2) is 0 Å². The first-order valence-corrected chi connectivity index (χ1v) is 7.86. The number of nitrogens with zero attached hydrogens (tertiary/aromatic N) is 1. The first-order chi connectivity index (χ1) is 10.5. The van der Waals surface area contributed by atoms with Gasteiger partial charge in [-0.15, -0.1) is 12.4 Å². The lowest BCUT2D eigenvalue weighted by atomic mass is 9.91. The highest BCUT2D eigenvalue weighted by Crippen LogP contribution is 2.25. The second-order valence-electron chi connectivity index (χ2n) is 6.10. The Morgan fingerprint density at radius 3 is 2.57 bits per heavy atom. The van der Waals surface area contributed by atoms with Gasteiger partial charge < -0.3 is 16.0 Å². The van der Waals surface area contributed by atoms with Crippen LogP contribution in [-0.4, -0.2) is 35.8 Å². The van der Waals surface area contributed by atoms with Crippen molar-refractivity contribution in [3.05, 3.63) is 35.9 Å². The van der Waals surface area contributed by atoms with Crippen molar-refractivity contribution < 1.29 is 9.59 Å². The van der Waals surface area contributed by atoms with Crippen LogP contribution in [0.2, 0.25) is 0 Å². The summed E-state index contributed by atoms with van der Waals surface area (Å²) >= 11 is 0. The number of hydrogen-bond acceptors (Lipinski definition) is 3. The minimum absolute atomic E-state index is 0. The van der Waals surface area contributed by atoms with Crippen molar-refractivity contribution in [2.75, 3.05) is 13.1 Å². The van der Waals surface area contributed by atoms with Gasteiger partial charge >= 0.3 is 0 Å². The van der Waals surface area contributed by atoms with E-state index in [1.54, 1.807) is 4.90 Å². The van der Waals surface area contributed by atoms with E-state index in [4.69, 9.17) is 5.73 Å². The molecule has 0 bridgehead atoms. The van der Waals surface area contributed by atoms with Crippen molar-refractivity contribution in [2.24, 2.45) is 11.7 Å². The fourth-order valence-electron chi connectivity index (χ4n) is 3.08. The fraction of sp³-hybridized carbons (Fsp3) is 0.529. The molecule has 1 aliphatic heterocycles. The highest BCUT2D eigenvalue weighted by molar-refractivity contribution is 5.86. The molecule has 3 N–H and O–H groups in total. The number of carbonyl (C=O) groups excluding carboxylic acids is 2. The summed E-state index contributed by atoms with van der Waals surface area (Å²) < 4.78 is 0. The normalized spacial score (nSPS) is 21.8. The Morgan fingerprint density at radius 2 is 2.00 bits per heavy atom. The third-order valence-electron chi connectivity index (χ3n) is 4.33. The number of piperidine rings is 1. The number of primary amides is 1. The summed E-state index contributed by atoms with van der Waals surface area (Å²) in [5.74, 6) is -0.483.